The first kappa shape index (κ1) is 15.6. The zero-order chi connectivity index (χ0) is 11.4. The predicted molar refractivity (Wildman–Crippen MR) is 57.8 cm³/mol. The van der Waals surface area contributed by atoms with Crippen LogP contribution in [0.5, 0.6) is 0 Å². The first-order valence-corrected chi connectivity index (χ1v) is 4.59. The summed E-state index contributed by atoms with van der Waals surface area (Å²) in [5.41, 5.74) is 15.3. The number of hydrogen-bond donors (Lipinski definition) is 4. The Morgan fingerprint density at radius 1 is 1.43 bits per heavy atom. The van der Waals surface area contributed by atoms with Gasteiger partial charge in [-0.05, 0) is 19.4 Å². The lowest BCUT2D eigenvalue weighted by atomic mass is 10.1. The summed E-state index contributed by atoms with van der Waals surface area (Å²) in [5, 5.41) is 8.33. The Morgan fingerprint density at radius 3 is 2.21 bits per heavy atom. The number of nitrogens with two attached hydrogens (primary N) is 3. The molecule has 0 aliphatic heterocycles. The summed E-state index contributed by atoms with van der Waals surface area (Å²) >= 11 is 0. The van der Waals surface area contributed by atoms with Gasteiger partial charge in [0.05, 0.1) is 0 Å². The van der Waals surface area contributed by atoms with Gasteiger partial charge in [-0.3, -0.25) is 4.79 Å². The molecule has 0 aliphatic carbocycles. The largest absolute Gasteiger partial charge is 0.480 e. The van der Waals surface area contributed by atoms with Crippen molar-refractivity contribution in [3.63, 3.8) is 0 Å². The second kappa shape index (κ2) is 12.1. The number of rotatable bonds is 6. The Labute approximate surface area is 85.0 Å². The summed E-state index contributed by atoms with van der Waals surface area (Å²) < 4.78 is 0. The number of aliphatic carboxylic acids is 1. The van der Waals surface area contributed by atoms with Gasteiger partial charge in [0.25, 0.3) is 0 Å². The molecule has 1 atom stereocenters. The molecule has 0 radical (unpaired) electrons. The van der Waals surface area contributed by atoms with Gasteiger partial charge in [0, 0.05) is 6.54 Å². The van der Waals surface area contributed by atoms with Gasteiger partial charge in [-0.25, -0.2) is 0 Å². The average Bonchev–Trinajstić information content (AvgIpc) is 2.18. The summed E-state index contributed by atoms with van der Waals surface area (Å²) in [6.07, 6.45) is 3.82. The van der Waals surface area contributed by atoms with E-state index in [-0.39, 0.29) is 0 Å². The highest BCUT2D eigenvalue weighted by Crippen LogP contribution is 1.96. The molecule has 0 amide bonds. The second-order valence-corrected chi connectivity index (χ2v) is 2.75. The summed E-state index contributed by atoms with van der Waals surface area (Å²) in [4.78, 5) is 10.1. The van der Waals surface area contributed by atoms with Crippen molar-refractivity contribution in [2.75, 3.05) is 13.1 Å². The van der Waals surface area contributed by atoms with Gasteiger partial charge < -0.3 is 22.3 Å². The van der Waals surface area contributed by atoms with Crippen LogP contribution in [0.1, 0.15) is 19.3 Å². The zero-order valence-electron chi connectivity index (χ0n) is 8.48. The molecule has 5 heteroatoms. The van der Waals surface area contributed by atoms with Crippen molar-refractivity contribution < 1.29 is 9.90 Å². The van der Waals surface area contributed by atoms with E-state index in [9.17, 15) is 4.79 Å². The molecule has 0 heterocycles. The van der Waals surface area contributed by atoms with Crippen LogP contribution in [-0.4, -0.2) is 30.2 Å². The van der Waals surface area contributed by atoms with Crippen LogP contribution >= 0.6 is 0 Å². The third kappa shape index (κ3) is 13.7. The van der Waals surface area contributed by atoms with Crippen molar-refractivity contribution >= 4 is 5.97 Å². The fourth-order valence-corrected chi connectivity index (χ4v) is 0.632. The van der Waals surface area contributed by atoms with Crippen molar-refractivity contribution in [3.8, 4) is 0 Å². The molecule has 0 saturated heterocycles. The van der Waals surface area contributed by atoms with E-state index in [1.807, 2.05) is 0 Å². The van der Waals surface area contributed by atoms with Crippen LogP contribution in [0.3, 0.4) is 0 Å². The Kier molecular flexibility index (Phi) is 13.4. The maximum atomic E-state index is 10.1. The van der Waals surface area contributed by atoms with Gasteiger partial charge in [0.1, 0.15) is 6.04 Å². The lowest BCUT2D eigenvalue weighted by Gasteiger charge is -2.03. The van der Waals surface area contributed by atoms with Crippen LogP contribution in [0.25, 0.3) is 0 Å². The molecule has 0 rings (SSSR count). The van der Waals surface area contributed by atoms with Crippen molar-refractivity contribution in [1.82, 2.24) is 0 Å². The molecule has 0 aromatic rings. The second-order valence-electron chi connectivity index (χ2n) is 2.75. The van der Waals surface area contributed by atoms with E-state index >= 15 is 0 Å². The van der Waals surface area contributed by atoms with E-state index < -0.39 is 12.0 Å². The minimum atomic E-state index is -0.933. The first-order chi connectivity index (χ1) is 6.59. The minimum absolute atomic E-state index is 0.520. The van der Waals surface area contributed by atoms with E-state index in [2.05, 4.69) is 6.58 Å². The molecule has 0 bridgehead atoms. The molecular formula is C9H21N3O2. The highest BCUT2D eigenvalue weighted by molar-refractivity contribution is 5.72. The molecule has 0 unspecified atom stereocenters. The van der Waals surface area contributed by atoms with Gasteiger partial charge >= 0.3 is 5.97 Å². The van der Waals surface area contributed by atoms with Crippen LogP contribution in [0.4, 0.5) is 0 Å². The molecule has 0 aromatic heterocycles. The maximum Gasteiger partial charge on any atom is 0.320 e. The third-order valence-corrected chi connectivity index (χ3v) is 1.45. The molecule has 14 heavy (non-hydrogen) atoms. The lowest BCUT2D eigenvalue weighted by molar-refractivity contribution is -0.138. The van der Waals surface area contributed by atoms with Crippen molar-refractivity contribution in [3.05, 3.63) is 12.7 Å². The Bertz CT molecular complexity index is 151. The van der Waals surface area contributed by atoms with Crippen molar-refractivity contribution in [1.29, 1.82) is 0 Å². The van der Waals surface area contributed by atoms with E-state index in [1.165, 1.54) is 0 Å². The molecule has 0 saturated carbocycles. The fourth-order valence-electron chi connectivity index (χ4n) is 0.632. The normalized spacial score (nSPS) is 11.1. The van der Waals surface area contributed by atoms with Crippen LogP contribution in [-0.2, 0) is 4.79 Å². The predicted octanol–water partition coefficient (Wildman–Crippen LogP) is -0.342. The molecule has 0 spiro atoms. The average molecular weight is 203 g/mol. The van der Waals surface area contributed by atoms with E-state index in [0.29, 0.717) is 19.5 Å². The highest BCUT2D eigenvalue weighted by atomic mass is 16.4. The number of carboxylic acids is 1. The summed E-state index contributed by atoms with van der Waals surface area (Å²) in [6.45, 7) is 4.54. The topological polar surface area (TPSA) is 115 Å². The fraction of sp³-hybridized carbons (Fsp3) is 0.667. The summed E-state index contributed by atoms with van der Waals surface area (Å²) in [5.74, 6) is -0.933. The van der Waals surface area contributed by atoms with Gasteiger partial charge in [0.2, 0.25) is 0 Å². The molecule has 7 N–H and O–H groups in total. The van der Waals surface area contributed by atoms with Gasteiger partial charge in [-0.1, -0.05) is 12.5 Å². The van der Waals surface area contributed by atoms with Crippen LogP contribution in [0.2, 0.25) is 0 Å². The number of carbonyl (C=O) groups is 1. The standard InChI is InChI=1S/C6H14N2O2.C3H7N/c7-4-2-1-3-5(8)6(9)10;1-2-3-4/h5H,1-4,7-8H2,(H,9,10);2H,1,3-4H2/t5-;/m0./s1. The van der Waals surface area contributed by atoms with E-state index in [1.54, 1.807) is 6.08 Å². The molecule has 0 aliphatic rings. The molecule has 84 valence electrons. The lowest BCUT2D eigenvalue weighted by Crippen LogP contribution is -2.29. The Hall–Kier alpha value is -0.910. The van der Waals surface area contributed by atoms with Crippen molar-refractivity contribution in [2.45, 2.75) is 25.3 Å². The zero-order valence-corrected chi connectivity index (χ0v) is 8.48. The first-order valence-electron chi connectivity index (χ1n) is 4.59. The molecule has 0 fully saturated rings. The Balaban J connectivity index is 0. The smallest absolute Gasteiger partial charge is 0.320 e. The number of hydrogen-bond acceptors (Lipinski definition) is 4. The Morgan fingerprint density at radius 2 is 1.93 bits per heavy atom. The third-order valence-electron chi connectivity index (χ3n) is 1.45. The van der Waals surface area contributed by atoms with E-state index in [4.69, 9.17) is 22.3 Å². The highest BCUT2D eigenvalue weighted by Gasteiger charge is 2.09. The molecule has 5 nitrogen and oxygen atoms in total. The van der Waals surface area contributed by atoms with Crippen molar-refractivity contribution in [2.24, 2.45) is 17.2 Å². The molecular weight excluding hydrogens is 182 g/mol. The minimum Gasteiger partial charge on any atom is -0.480 e. The number of carboxylic acid groups (broad SMARTS) is 1. The van der Waals surface area contributed by atoms with Gasteiger partial charge in [-0.2, -0.15) is 0 Å². The van der Waals surface area contributed by atoms with Gasteiger partial charge in [0.15, 0.2) is 0 Å². The van der Waals surface area contributed by atoms with Crippen LogP contribution in [0, 0.1) is 0 Å². The van der Waals surface area contributed by atoms with Gasteiger partial charge in [-0.15, -0.1) is 6.58 Å². The van der Waals surface area contributed by atoms with E-state index in [0.717, 1.165) is 12.8 Å². The quantitative estimate of drug-likeness (QED) is 0.348. The van der Waals surface area contributed by atoms with Crippen LogP contribution in [0.15, 0.2) is 12.7 Å². The molecule has 0 aromatic carbocycles. The summed E-state index contributed by atoms with van der Waals surface area (Å²) in [6, 6.07) is -0.716. The SMILES string of the molecule is C=CCN.NCCCC[C@H](N)C(=O)O. The number of unbranched alkanes of at least 4 members (excludes halogenated alkanes) is 1. The monoisotopic (exact) mass is 203 g/mol. The van der Waals surface area contributed by atoms with Crippen LogP contribution < -0.4 is 17.2 Å². The summed E-state index contributed by atoms with van der Waals surface area (Å²) in [7, 11) is 0. The maximum absolute atomic E-state index is 10.1.